The third-order valence-corrected chi connectivity index (χ3v) is 6.00. The molecule has 9 heteroatoms. The van der Waals surface area contributed by atoms with Crippen LogP contribution in [-0.4, -0.2) is 73.9 Å². The number of halogens is 1. The van der Waals surface area contributed by atoms with Crippen molar-refractivity contribution in [2.24, 2.45) is 0 Å². The van der Waals surface area contributed by atoms with Gasteiger partial charge in [0, 0.05) is 32.7 Å². The maximum absolute atomic E-state index is 13.5. The van der Waals surface area contributed by atoms with Crippen molar-refractivity contribution in [3.8, 4) is 5.88 Å². The molecule has 1 saturated heterocycles. The van der Waals surface area contributed by atoms with Crippen LogP contribution in [0.2, 0.25) is 0 Å². The van der Waals surface area contributed by atoms with Crippen LogP contribution in [0.25, 0.3) is 4.96 Å². The second-order valence-corrected chi connectivity index (χ2v) is 7.71. The Bertz CT molecular complexity index is 918. The number of nitrogens with zero attached hydrogens (tertiary/aromatic N) is 5. The van der Waals surface area contributed by atoms with Crippen molar-refractivity contribution < 1.29 is 14.6 Å². The third kappa shape index (κ3) is 3.55. The number of aromatic nitrogens is 3. The number of thiazole rings is 1. The number of hydrogen-bond acceptors (Lipinski definition) is 7. The first-order valence-electron chi connectivity index (χ1n) is 8.94. The van der Waals surface area contributed by atoms with E-state index in [1.54, 1.807) is 19.1 Å². The fraction of sp³-hybridized carbons (Fsp3) is 0.444. The molecular weight excluding hydrogens is 369 g/mol. The fourth-order valence-electron chi connectivity index (χ4n) is 3.59. The van der Waals surface area contributed by atoms with Gasteiger partial charge in [0.05, 0.1) is 17.5 Å². The quantitative estimate of drug-likeness (QED) is 0.689. The molecule has 2 N–H and O–H groups in total. The molecule has 3 aromatic rings. The van der Waals surface area contributed by atoms with Crippen molar-refractivity contribution in [2.45, 2.75) is 13.0 Å². The van der Waals surface area contributed by atoms with E-state index in [4.69, 9.17) is 5.11 Å². The van der Waals surface area contributed by atoms with E-state index in [1.807, 2.05) is 0 Å². The van der Waals surface area contributed by atoms with Gasteiger partial charge in [-0.1, -0.05) is 23.5 Å². The Morgan fingerprint density at radius 1 is 1.19 bits per heavy atom. The first-order valence-corrected chi connectivity index (χ1v) is 9.76. The lowest BCUT2D eigenvalue weighted by Gasteiger charge is -2.39. The predicted octanol–water partition coefficient (Wildman–Crippen LogP) is 1.64. The Morgan fingerprint density at radius 2 is 1.89 bits per heavy atom. The minimum absolute atomic E-state index is 0.0858. The van der Waals surface area contributed by atoms with E-state index in [0.717, 1.165) is 36.6 Å². The first-order chi connectivity index (χ1) is 13.1. The van der Waals surface area contributed by atoms with Gasteiger partial charge in [0.2, 0.25) is 10.8 Å². The zero-order valence-electron chi connectivity index (χ0n) is 15.0. The number of fused-ring (bicyclic) bond motifs is 1. The summed E-state index contributed by atoms with van der Waals surface area (Å²) in [5, 5.41) is 24.2. The molecule has 27 heavy (non-hydrogen) atoms. The number of β-amino-alcohol motifs (C(OH)–C–C–N with tert-alkyl or cyclic N) is 1. The lowest BCUT2D eigenvalue weighted by atomic mass is 10.0. The minimum Gasteiger partial charge on any atom is -0.492 e. The Morgan fingerprint density at radius 3 is 2.52 bits per heavy atom. The molecule has 1 fully saturated rings. The number of aryl methyl sites for hydroxylation is 1. The second kappa shape index (κ2) is 7.51. The number of aliphatic hydroxyl groups excluding tert-OH is 1. The van der Waals surface area contributed by atoms with Crippen LogP contribution in [0.4, 0.5) is 4.39 Å². The van der Waals surface area contributed by atoms with Crippen molar-refractivity contribution >= 4 is 16.3 Å². The largest absolute Gasteiger partial charge is 0.492 e. The monoisotopic (exact) mass is 391 g/mol. The van der Waals surface area contributed by atoms with Crippen LogP contribution in [0.1, 0.15) is 22.3 Å². The summed E-state index contributed by atoms with van der Waals surface area (Å²) < 4.78 is 14.9. The first kappa shape index (κ1) is 18.3. The summed E-state index contributed by atoms with van der Waals surface area (Å²) in [6.07, 6.45) is 0. The SMILES string of the molecule is Cc1nc2sc([C@@H](c3ccc(F)cc3)N3CCN(CCO)CC3)c(O)n2n1. The molecular formula is C18H22FN5O2S. The Labute approximate surface area is 160 Å². The molecule has 1 aliphatic rings. The van der Waals surface area contributed by atoms with Crippen LogP contribution in [-0.2, 0) is 0 Å². The summed E-state index contributed by atoms with van der Waals surface area (Å²) in [6, 6.07) is 6.22. The van der Waals surface area contributed by atoms with Gasteiger partial charge in [-0.25, -0.2) is 9.37 Å². The molecule has 1 atom stereocenters. The van der Waals surface area contributed by atoms with E-state index < -0.39 is 0 Å². The van der Waals surface area contributed by atoms with E-state index in [9.17, 15) is 9.50 Å². The number of rotatable bonds is 5. The van der Waals surface area contributed by atoms with Gasteiger partial charge in [0.1, 0.15) is 11.6 Å². The van der Waals surface area contributed by atoms with E-state index in [2.05, 4.69) is 19.9 Å². The lowest BCUT2D eigenvalue weighted by molar-refractivity contribution is 0.0945. The normalized spacial score (nSPS) is 17.6. The lowest BCUT2D eigenvalue weighted by Crippen LogP contribution is -2.48. The van der Waals surface area contributed by atoms with Gasteiger partial charge in [-0.2, -0.15) is 4.52 Å². The van der Waals surface area contributed by atoms with Crippen molar-refractivity contribution in [3.05, 3.63) is 46.3 Å². The summed E-state index contributed by atoms with van der Waals surface area (Å²) in [6.45, 7) is 5.84. The van der Waals surface area contributed by atoms with Crippen LogP contribution in [0.15, 0.2) is 24.3 Å². The van der Waals surface area contributed by atoms with Crippen LogP contribution >= 0.6 is 11.3 Å². The number of aliphatic hydroxyl groups is 1. The Hall–Kier alpha value is -2.07. The van der Waals surface area contributed by atoms with Crippen LogP contribution in [0, 0.1) is 12.7 Å². The highest BCUT2D eigenvalue weighted by atomic mass is 32.1. The average Bonchev–Trinajstić information content (AvgIpc) is 3.16. The van der Waals surface area contributed by atoms with E-state index >= 15 is 0 Å². The molecule has 1 aliphatic heterocycles. The molecule has 0 amide bonds. The molecule has 0 saturated carbocycles. The van der Waals surface area contributed by atoms with Crippen LogP contribution in [0.5, 0.6) is 5.88 Å². The zero-order valence-corrected chi connectivity index (χ0v) is 15.9. The van der Waals surface area contributed by atoms with Crippen molar-refractivity contribution in [2.75, 3.05) is 39.3 Å². The van der Waals surface area contributed by atoms with E-state index in [-0.39, 0.29) is 24.3 Å². The molecule has 0 unspecified atom stereocenters. The van der Waals surface area contributed by atoms with Gasteiger partial charge in [0.25, 0.3) is 0 Å². The van der Waals surface area contributed by atoms with Gasteiger partial charge >= 0.3 is 0 Å². The average molecular weight is 391 g/mol. The third-order valence-electron chi connectivity index (χ3n) is 4.93. The van der Waals surface area contributed by atoms with Gasteiger partial charge in [-0.05, 0) is 24.6 Å². The summed E-state index contributed by atoms with van der Waals surface area (Å²) in [4.78, 5) is 10.3. The highest BCUT2D eigenvalue weighted by Crippen LogP contribution is 2.40. The number of benzene rings is 1. The Balaban J connectivity index is 1.70. The van der Waals surface area contributed by atoms with Gasteiger partial charge in [-0.3, -0.25) is 9.80 Å². The molecule has 0 radical (unpaired) electrons. The number of aromatic hydroxyl groups is 1. The second-order valence-electron chi connectivity index (χ2n) is 6.70. The maximum Gasteiger partial charge on any atom is 0.230 e. The van der Waals surface area contributed by atoms with E-state index in [0.29, 0.717) is 17.3 Å². The molecule has 7 nitrogen and oxygen atoms in total. The topological polar surface area (TPSA) is 77.1 Å². The van der Waals surface area contributed by atoms with Gasteiger partial charge < -0.3 is 10.2 Å². The molecule has 1 aromatic carbocycles. The molecule has 3 heterocycles. The summed E-state index contributed by atoms with van der Waals surface area (Å²) in [5.74, 6) is 0.412. The standard InChI is InChI=1S/C18H22FN5O2S/c1-12-20-18-24(21-12)17(26)16(27-18)15(13-2-4-14(19)5-3-13)23-8-6-22(7-9-23)10-11-25/h2-5,15,25-26H,6-11H2,1H3/t15-/m1/s1. The fourth-order valence-corrected chi connectivity index (χ4v) is 4.75. The van der Waals surface area contributed by atoms with Gasteiger partial charge in [0.15, 0.2) is 0 Å². The van der Waals surface area contributed by atoms with Crippen LogP contribution in [0.3, 0.4) is 0 Å². The smallest absolute Gasteiger partial charge is 0.230 e. The molecule has 4 rings (SSSR count). The van der Waals surface area contributed by atoms with Gasteiger partial charge in [-0.15, -0.1) is 5.10 Å². The highest BCUT2D eigenvalue weighted by molar-refractivity contribution is 7.17. The molecule has 2 aromatic heterocycles. The highest BCUT2D eigenvalue weighted by Gasteiger charge is 2.31. The van der Waals surface area contributed by atoms with E-state index in [1.165, 1.54) is 28.0 Å². The Kier molecular flexibility index (Phi) is 5.09. The van der Waals surface area contributed by atoms with Crippen molar-refractivity contribution in [1.29, 1.82) is 0 Å². The number of piperazine rings is 1. The predicted molar refractivity (Wildman–Crippen MR) is 101 cm³/mol. The zero-order chi connectivity index (χ0) is 19.0. The molecule has 0 aliphatic carbocycles. The molecule has 144 valence electrons. The minimum atomic E-state index is -0.284. The molecule has 0 bridgehead atoms. The van der Waals surface area contributed by atoms with Crippen molar-refractivity contribution in [1.82, 2.24) is 24.4 Å². The molecule has 0 spiro atoms. The van der Waals surface area contributed by atoms with Crippen molar-refractivity contribution in [3.63, 3.8) is 0 Å². The summed E-state index contributed by atoms with van der Waals surface area (Å²) >= 11 is 1.41. The summed E-state index contributed by atoms with van der Waals surface area (Å²) in [7, 11) is 0. The van der Waals surface area contributed by atoms with Crippen LogP contribution < -0.4 is 0 Å². The number of hydrogen-bond donors (Lipinski definition) is 2. The summed E-state index contributed by atoms with van der Waals surface area (Å²) in [5.41, 5.74) is 0.920. The maximum atomic E-state index is 13.5.